The molecule has 4 heteroatoms. The van der Waals surface area contributed by atoms with E-state index < -0.39 is 12.0 Å². The Kier molecular flexibility index (Phi) is 2.64. The van der Waals surface area contributed by atoms with Crippen LogP contribution in [0.3, 0.4) is 0 Å². The summed E-state index contributed by atoms with van der Waals surface area (Å²) >= 11 is 0. The van der Waals surface area contributed by atoms with Crippen LogP contribution in [0.1, 0.15) is 22.3 Å². The summed E-state index contributed by atoms with van der Waals surface area (Å²) in [4.78, 5) is 24.3. The van der Waals surface area contributed by atoms with Crippen LogP contribution in [0, 0.1) is 6.92 Å². The lowest BCUT2D eigenvalue weighted by molar-refractivity contribution is -0.146. The van der Waals surface area contributed by atoms with Gasteiger partial charge in [-0.3, -0.25) is 4.79 Å². The summed E-state index contributed by atoms with van der Waals surface area (Å²) in [5, 5.41) is 8.87. The molecule has 1 amide bonds. The van der Waals surface area contributed by atoms with E-state index in [1.165, 1.54) is 4.90 Å². The number of nitrogens with zero attached hydrogens (tertiary/aromatic N) is 1. The fourth-order valence-electron chi connectivity index (χ4n) is 1.85. The largest absolute Gasteiger partial charge is 0.480 e. The molecule has 0 aromatic heterocycles. The number of hydrogen-bond donors (Lipinski definition) is 1. The molecule has 84 valence electrons. The Balaban J connectivity index is 2.21. The van der Waals surface area contributed by atoms with Crippen molar-refractivity contribution >= 4 is 11.9 Å². The Morgan fingerprint density at radius 1 is 1.38 bits per heavy atom. The van der Waals surface area contributed by atoms with E-state index in [1.807, 2.05) is 19.1 Å². The van der Waals surface area contributed by atoms with Crippen LogP contribution in [-0.4, -0.2) is 34.5 Å². The molecule has 1 aromatic rings. The molecule has 0 saturated carbocycles. The summed E-state index contributed by atoms with van der Waals surface area (Å²) in [6.07, 6.45) is 0.549. The number of aryl methyl sites for hydroxylation is 1. The van der Waals surface area contributed by atoms with Gasteiger partial charge in [-0.05, 0) is 25.0 Å². The highest BCUT2D eigenvalue weighted by Crippen LogP contribution is 2.21. The zero-order chi connectivity index (χ0) is 11.7. The van der Waals surface area contributed by atoms with E-state index in [0.29, 0.717) is 18.5 Å². The Hall–Kier alpha value is -1.84. The molecule has 1 heterocycles. The van der Waals surface area contributed by atoms with Crippen LogP contribution in [0.4, 0.5) is 0 Å². The summed E-state index contributed by atoms with van der Waals surface area (Å²) in [6.45, 7) is 2.38. The van der Waals surface area contributed by atoms with Gasteiger partial charge in [0.05, 0.1) is 0 Å². The predicted octanol–water partition coefficient (Wildman–Crippen LogP) is 1.29. The zero-order valence-corrected chi connectivity index (χ0v) is 9.01. The first kappa shape index (κ1) is 10.7. The minimum Gasteiger partial charge on any atom is -0.480 e. The molecule has 2 rings (SSSR count). The van der Waals surface area contributed by atoms with Gasteiger partial charge in [0, 0.05) is 12.1 Å². The highest BCUT2D eigenvalue weighted by atomic mass is 16.4. The van der Waals surface area contributed by atoms with Gasteiger partial charge in [0.15, 0.2) is 0 Å². The fraction of sp³-hybridized carbons (Fsp3) is 0.333. The second-order valence-corrected chi connectivity index (χ2v) is 3.96. The van der Waals surface area contributed by atoms with Crippen LogP contribution in [0.2, 0.25) is 0 Å². The first-order valence-electron chi connectivity index (χ1n) is 5.20. The summed E-state index contributed by atoms with van der Waals surface area (Å²) in [5.41, 5.74) is 1.47. The number of hydrogen-bond acceptors (Lipinski definition) is 2. The Morgan fingerprint density at radius 3 is 2.56 bits per heavy atom. The highest BCUT2D eigenvalue weighted by Gasteiger charge is 2.38. The van der Waals surface area contributed by atoms with Crippen LogP contribution in [0.25, 0.3) is 0 Å². The predicted molar refractivity (Wildman–Crippen MR) is 58.3 cm³/mol. The molecule has 1 saturated heterocycles. The molecule has 16 heavy (non-hydrogen) atoms. The van der Waals surface area contributed by atoms with E-state index in [0.717, 1.165) is 5.56 Å². The van der Waals surface area contributed by atoms with E-state index in [1.54, 1.807) is 12.1 Å². The van der Waals surface area contributed by atoms with E-state index in [-0.39, 0.29) is 5.91 Å². The fourth-order valence-corrected chi connectivity index (χ4v) is 1.85. The topological polar surface area (TPSA) is 57.6 Å². The SMILES string of the molecule is Cc1ccccc1C(=O)N1CC[C@H]1C(=O)O. The van der Waals surface area contributed by atoms with Crippen LogP contribution in [0.15, 0.2) is 24.3 Å². The maximum Gasteiger partial charge on any atom is 0.326 e. The summed E-state index contributed by atoms with van der Waals surface area (Å²) in [7, 11) is 0. The van der Waals surface area contributed by atoms with Crippen molar-refractivity contribution in [3.63, 3.8) is 0 Å². The van der Waals surface area contributed by atoms with Crippen LogP contribution < -0.4 is 0 Å². The molecule has 1 aromatic carbocycles. The van der Waals surface area contributed by atoms with Crippen molar-refractivity contribution < 1.29 is 14.7 Å². The Labute approximate surface area is 93.5 Å². The van der Waals surface area contributed by atoms with Crippen molar-refractivity contribution in [2.24, 2.45) is 0 Å². The normalized spacial score (nSPS) is 19.1. The van der Waals surface area contributed by atoms with Gasteiger partial charge in [-0.2, -0.15) is 0 Å². The summed E-state index contributed by atoms with van der Waals surface area (Å²) in [5.74, 6) is -1.11. The molecule has 0 bridgehead atoms. The van der Waals surface area contributed by atoms with E-state index in [4.69, 9.17) is 5.11 Å². The molecular weight excluding hydrogens is 206 g/mol. The molecule has 1 fully saturated rings. The smallest absolute Gasteiger partial charge is 0.326 e. The van der Waals surface area contributed by atoms with Crippen LogP contribution >= 0.6 is 0 Å². The number of carboxylic acids is 1. The molecule has 1 aliphatic rings. The summed E-state index contributed by atoms with van der Waals surface area (Å²) < 4.78 is 0. The number of likely N-dealkylation sites (tertiary alicyclic amines) is 1. The standard InChI is InChI=1S/C12H13NO3/c1-8-4-2-3-5-9(8)11(14)13-7-6-10(13)12(15)16/h2-5,10H,6-7H2,1H3,(H,15,16)/t10-/m0/s1. The van der Waals surface area contributed by atoms with Gasteiger partial charge in [-0.15, -0.1) is 0 Å². The molecule has 0 aliphatic carbocycles. The maximum absolute atomic E-state index is 12.0. The number of carboxylic acid groups (broad SMARTS) is 1. The van der Waals surface area contributed by atoms with E-state index in [2.05, 4.69) is 0 Å². The first-order valence-corrected chi connectivity index (χ1v) is 5.20. The van der Waals surface area contributed by atoms with Crippen molar-refractivity contribution in [2.75, 3.05) is 6.54 Å². The third-order valence-corrected chi connectivity index (χ3v) is 2.94. The Bertz CT molecular complexity index is 442. The van der Waals surface area contributed by atoms with Crippen molar-refractivity contribution in [1.82, 2.24) is 4.90 Å². The number of carbonyl (C=O) groups excluding carboxylic acids is 1. The average molecular weight is 219 g/mol. The maximum atomic E-state index is 12.0. The van der Waals surface area contributed by atoms with Gasteiger partial charge in [0.1, 0.15) is 6.04 Å². The molecular formula is C12H13NO3. The molecule has 0 unspecified atom stereocenters. The van der Waals surface area contributed by atoms with Crippen molar-refractivity contribution in [1.29, 1.82) is 0 Å². The number of aliphatic carboxylic acids is 1. The average Bonchev–Trinajstić information content (AvgIpc) is 2.15. The quantitative estimate of drug-likeness (QED) is 0.815. The van der Waals surface area contributed by atoms with Gasteiger partial charge in [-0.1, -0.05) is 18.2 Å². The first-order chi connectivity index (χ1) is 7.61. The van der Waals surface area contributed by atoms with Crippen LogP contribution in [-0.2, 0) is 4.79 Å². The molecule has 1 N–H and O–H groups in total. The van der Waals surface area contributed by atoms with Crippen molar-refractivity contribution in [2.45, 2.75) is 19.4 Å². The second-order valence-electron chi connectivity index (χ2n) is 3.96. The number of benzene rings is 1. The van der Waals surface area contributed by atoms with Gasteiger partial charge in [-0.25, -0.2) is 4.79 Å². The number of rotatable bonds is 2. The lowest BCUT2D eigenvalue weighted by Crippen LogP contribution is -2.55. The van der Waals surface area contributed by atoms with Gasteiger partial charge in [0.25, 0.3) is 5.91 Å². The molecule has 1 atom stereocenters. The third-order valence-electron chi connectivity index (χ3n) is 2.94. The van der Waals surface area contributed by atoms with Gasteiger partial charge in [0.2, 0.25) is 0 Å². The molecule has 4 nitrogen and oxygen atoms in total. The van der Waals surface area contributed by atoms with Crippen molar-refractivity contribution in [3.05, 3.63) is 35.4 Å². The molecule has 0 radical (unpaired) electrons. The van der Waals surface area contributed by atoms with Crippen molar-refractivity contribution in [3.8, 4) is 0 Å². The van der Waals surface area contributed by atoms with E-state index >= 15 is 0 Å². The Morgan fingerprint density at radius 2 is 2.06 bits per heavy atom. The van der Waals surface area contributed by atoms with E-state index in [9.17, 15) is 9.59 Å². The lowest BCUT2D eigenvalue weighted by atomic mass is 9.99. The highest BCUT2D eigenvalue weighted by molar-refractivity contribution is 5.98. The van der Waals surface area contributed by atoms with Gasteiger partial charge < -0.3 is 10.0 Å². The zero-order valence-electron chi connectivity index (χ0n) is 9.01. The minimum absolute atomic E-state index is 0.184. The lowest BCUT2D eigenvalue weighted by Gasteiger charge is -2.38. The second kappa shape index (κ2) is 3.96. The van der Waals surface area contributed by atoms with Gasteiger partial charge >= 0.3 is 5.97 Å². The number of carbonyl (C=O) groups is 2. The monoisotopic (exact) mass is 219 g/mol. The molecule has 0 spiro atoms. The summed E-state index contributed by atoms with van der Waals surface area (Å²) in [6, 6.07) is 6.58. The third kappa shape index (κ3) is 1.66. The van der Waals surface area contributed by atoms with Crippen LogP contribution in [0.5, 0.6) is 0 Å². The minimum atomic E-state index is -0.923. The number of amides is 1. The molecule has 1 aliphatic heterocycles.